The first kappa shape index (κ1) is 30.0. The first-order chi connectivity index (χ1) is 20.4. The molecule has 0 saturated carbocycles. The van der Waals surface area contributed by atoms with Crippen molar-refractivity contribution in [3.8, 4) is 0 Å². The van der Waals surface area contributed by atoms with Crippen LogP contribution in [0.2, 0.25) is 0 Å². The Labute approximate surface area is 252 Å². The molecule has 5 heterocycles. The monoisotopic (exact) mass is 585 g/mol. The summed E-state index contributed by atoms with van der Waals surface area (Å²) in [5.74, 6) is 0.622. The van der Waals surface area contributed by atoms with Gasteiger partial charge in [0.05, 0.1) is 48.4 Å². The number of nitrogens with one attached hydrogen (secondary N) is 1. The van der Waals surface area contributed by atoms with Crippen LogP contribution in [0, 0.1) is 0 Å². The minimum atomic E-state index is -0.773. The van der Waals surface area contributed by atoms with Gasteiger partial charge in [-0.2, -0.15) is 0 Å². The van der Waals surface area contributed by atoms with Crippen molar-refractivity contribution < 1.29 is 19.1 Å². The van der Waals surface area contributed by atoms with Crippen LogP contribution in [-0.4, -0.2) is 75.7 Å². The third kappa shape index (κ3) is 5.77. The highest BCUT2D eigenvalue weighted by atomic mass is 16.6. The molecule has 3 aliphatic rings. The van der Waals surface area contributed by atoms with Gasteiger partial charge in [0.15, 0.2) is 0 Å². The van der Waals surface area contributed by atoms with E-state index in [4.69, 9.17) is 14.5 Å². The van der Waals surface area contributed by atoms with E-state index in [0.717, 1.165) is 41.3 Å². The fraction of sp³-hybridized carbons (Fsp3) is 0.406. The SMILES string of the molecule is C=N/C(=C\C=C(/C)N1C[C@@H]2C[C@H]1CO2)Nc1cnc(/C(=C/C)c2ccn(C)c2N=C)c2c1C(=O)N(C(=O)OC(C)(C)C)C2. The number of carbonyl (C=O) groups excluding carboxylic acids is 2. The Kier molecular flexibility index (Phi) is 8.11. The van der Waals surface area contributed by atoms with Crippen molar-refractivity contribution in [1.82, 2.24) is 19.4 Å². The van der Waals surface area contributed by atoms with Crippen molar-refractivity contribution in [2.24, 2.45) is 17.0 Å². The van der Waals surface area contributed by atoms with Crippen LogP contribution in [0.1, 0.15) is 68.2 Å². The number of aromatic nitrogens is 2. The topological polar surface area (TPSA) is 114 Å². The van der Waals surface area contributed by atoms with Crippen LogP contribution in [-0.2, 0) is 23.1 Å². The van der Waals surface area contributed by atoms with E-state index in [0.29, 0.717) is 40.2 Å². The summed E-state index contributed by atoms with van der Waals surface area (Å²) in [5.41, 5.74) is 3.80. The molecule has 5 rings (SSSR count). The molecule has 1 N–H and O–H groups in total. The van der Waals surface area contributed by atoms with E-state index in [2.05, 4.69) is 40.6 Å². The summed E-state index contributed by atoms with van der Waals surface area (Å²) in [6, 6.07) is 2.32. The Morgan fingerprint density at radius 1 is 1.28 bits per heavy atom. The number of morpholine rings is 1. The first-order valence-electron chi connectivity index (χ1n) is 14.3. The number of anilines is 1. The number of likely N-dealkylation sites (tertiary alicyclic amines) is 1. The van der Waals surface area contributed by atoms with Gasteiger partial charge in [0, 0.05) is 42.2 Å². The number of allylic oxidation sites excluding steroid dienone is 4. The molecule has 0 aromatic carbocycles. The molecular weight excluding hydrogens is 546 g/mol. The number of nitrogens with zero attached hydrogens (tertiary/aromatic N) is 6. The normalized spacial score (nSPS) is 20.5. The van der Waals surface area contributed by atoms with Crippen molar-refractivity contribution in [2.75, 3.05) is 18.5 Å². The molecule has 0 spiro atoms. The molecule has 2 bridgehead atoms. The molecule has 2 fully saturated rings. The van der Waals surface area contributed by atoms with Crippen molar-refractivity contribution in [3.05, 3.63) is 70.6 Å². The van der Waals surface area contributed by atoms with Gasteiger partial charge >= 0.3 is 6.09 Å². The van der Waals surface area contributed by atoms with E-state index >= 15 is 0 Å². The van der Waals surface area contributed by atoms with Gasteiger partial charge in [-0.15, -0.1) is 0 Å². The number of hydrogen-bond donors (Lipinski definition) is 1. The molecule has 2 aromatic rings. The molecule has 2 atom stereocenters. The number of pyridine rings is 1. The predicted molar refractivity (Wildman–Crippen MR) is 168 cm³/mol. The van der Waals surface area contributed by atoms with Crippen LogP contribution in [0.15, 0.2) is 58.2 Å². The first-order valence-corrected chi connectivity index (χ1v) is 14.3. The van der Waals surface area contributed by atoms with E-state index in [1.165, 1.54) is 0 Å². The molecule has 2 saturated heterocycles. The second kappa shape index (κ2) is 11.6. The fourth-order valence-electron chi connectivity index (χ4n) is 5.85. The molecular formula is C32H39N7O4. The van der Waals surface area contributed by atoms with E-state index in [1.54, 1.807) is 27.0 Å². The van der Waals surface area contributed by atoms with Crippen molar-refractivity contribution in [2.45, 2.75) is 65.3 Å². The second-order valence-corrected chi connectivity index (χ2v) is 11.9. The fourth-order valence-corrected chi connectivity index (χ4v) is 5.85. The minimum Gasteiger partial charge on any atom is -0.443 e. The molecule has 43 heavy (non-hydrogen) atoms. The van der Waals surface area contributed by atoms with Gasteiger partial charge < -0.3 is 24.3 Å². The van der Waals surface area contributed by atoms with Crippen molar-refractivity contribution >= 4 is 42.5 Å². The van der Waals surface area contributed by atoms with Gasteiger partial charge in [0.1, 0.15) is 17.2 Å². The van der Waals surface area contributed by atoms with E-state index in [1.807, 2.05) is 49.0 Å². The number of imide groups is 1. The van der Waals surface area contributed by atoms with Crippen LogP contribution in [0.25, 0.3) is 5.57 Å². The lowest BCUT2D eigenvalue weighted by molar-refractivity contribution is 0.0248. The molecule has 11 heteroatoms. The molecule has 11 nitrogen and oxygen atoms in total. The number of amides is 2. The zero-order valence-electron chi connectivity index (χ0n) is 25.7. The maximum Gasteiger partial charge on any atom is 0.417 e. The molecule has 0 unspecified atom stereocenters. The number of aryl methyl sites for hydroxylation is 1. The highest BCUT2D eigenvalue weighted by Crippen LogP contribution is 2.39. The molecule has 0 aliphatic carbocycles. The van der Waals surface area contributed by atoms with Gasteiger partial charge in [-0.25, -0.2) is 19.7 Å². The number of carbonyl (C=O) groups is 2. The lowest BCUT2D eigenvalue weighted by Gasteiger charge is -2.29. The maximum absolute atomic E-state index is 13.9. The van der Waals surface area contributed by atoms with Crippen LogP contribution >= 0.6 is 0 Å². The molecule has 2 aromatic heterocycles. The van der Waals surface area contributed by atoms with Crippen LogP contribution in [0.4, 0.5) is 16.3 Å². The number of aliphatic imine (C=N–C) groups is 2. The van der Waals surface area contributed by atoms with Gasteiger partial charge in [0.2, 0.25) is 0 Å². The maximum atomic E-state index is 13.9. The van der Waals surface area contributed by atoms with Crippen molar-refractivity contribution in [1.29, 1.82) is 0 Å². The zero-order valence-corrected chi connectivity index (χ0v) is 25.7. The Morgan fingerprint density at radius 3 is 2.65 bits per heavy atom. The number of rotatable bonds is 8. The standard InChI is InChI=1S/C32H39N7O4/c1-9-22(23-12-13-37(8)29(23)34-7)28-24-17-39(31(41)43-32(3,4)5)30(40)27(24)25(15-35-28)36-26(33-6)11-10-19(2)38-16-21-14-20(38)18-42-21/h9-13,15,20-21,36H,6-7,14,16-18H2,1-5,8H3/b19-10+,22-9+,26-11+/t20-,21-/m0/s1. The lowest BCUT2D eigenvalue weighted by atomic mass is 9.97. The van der Waals surface area contributed by atoms with Gasteiger partial charge in [-0.3, -0.25) is 9.78 Å². The highest BCUT2D eigenvalue weighted by Gasteiger charge is 2.40. The number of hydrogen-bond acceptors (Lipinski definition) is 9. The van der Waals surface area contributed by atoms with Crippen LogP contribution < -0.4 is 5.32 Å². The molecule has 0 radical (unpaired) electrons. The molecule has 226 valence electrons. The predicted octanol–water partition coefficient (Wildman–Crippen LogP) is 5.43. The Bertz CT molecular complexity index is 1580. The summed E-state index contributed by atoms with van der Waals surface area (Å²) >= 11 is 0. The summed E-state index contributed by atoms with van der Waals surface area (Å²) in [4.78, 5) is 43.6. The number of fused-ring (bicyclic) bond motifs is 3. The summed E-state index contributed by atoms with van der Waals surface area (Å²) in [6.07, 6.45) is 9.80. The quantitative estimate of drug-likeness (QED) is 0.325. The van der Waals surface area contributed by atoms with Crippen molar-refractivity contribution in [3.63, 3.8) is 0 Å². The van der Waals surface area contributed by atoms with Crippen LogP contribution in [0.5, 0.6) is 0 Å². The average molecular weight is 586 g/mol. The summed E-state index contributed by atoms with van der Waals surface area (Å²) in [6.45, 7) is 18.3. The van der Waals surface area contributed by atoms with Gasteiger partial charge in [-0.1, -0.05) is 6.08 Å². The summed E-state index contributed by atoms with van der Waals surface area (Å²) in [5, 5.41) is 3.23. The molecule has 2 amide bonds. The minimum absolute atomic E-state index is 0.00111. The summed E-state index contributed by atoms with van der Waals surface area (Å²) < 4.78 is 13.2. The highest BCUT2D eigenvalue weighted by molar-refractivity contribution is 6.11. The number of ether oxygens (including phenoxy) is 2. The van der Waals surface area contributed by atoms with Gasteiger partial charge in [-0.05, 0) is 72.7 Å². The smallest absolute Gasteiger partial charge is 0.417 e. The van der Waals surface area contributed by atoms with Gasteiger partial charge in [0.25, 0.3) is 5.91 Å². The molecule has 3 aliphatic heterocycles. The van der Waals surface area contributed by atoms with E-state index in [-0.39, 0.29) is 12.6 Å². The lowest BCUT2D eigenvalue weighted by Crippen LogP contribution is -2.37. The Morgan fingerprint density at radius 2 is 2.05 bits per heavy atom. The third-order valence-electron chi connectivity index (χ3n) is 7.86. The Balaban J connectivity index is 1.53. The summed E-state index contributed by atoms with van der Waals surface area (Å²) in [7, 11) is 1.88. The average Bonchev–Trinajstić information content (AvgIpc) is 3.75. The Hall–Kier alpha value is -4.51. The van der Waals surface area contributed by atoms with E-state index in [9.17, 15) is 9.59 Å². The van der Waals surface area contributed by atoms with E-state index < -0.39 is 17.6 Å². The second-order valence-electron chi connectivity index (χ2n) is 11.9. The largest absolute Gasteiger partial charge is 0.443 e. The third-order valence-corrected chi connectivity index (χ3v) is 7.86. The van der Waals surface area contributed by atoms with Crippen LogP contribution in [0.3, 0.4) is 0 Å². The zero-order chi connectivity index (χ0) is 31.1.